The van der Waals surface area contributed by atoms with Gasteiger partial charge in [0.15, 0.2) is 5.79 Å². The molecule has 4 aliphatic rings. The van der Waals surface area contributed by atoms with E-state index in [-0.39, 0.29) is 17.3 Å². The molecule has 1 heterocycles. The lowest BCUT2D eigenvalue weighted by atomic mass is 9.70. The molecular weight excluding hydrogens is 228 g/mol. The van der Waals surface area contributed by atoms with Crippen molar-refractivity contribution in [2.24, 2.45) is 29.1 Å². The molecule has 3 aliphatic carbocycles. The van der Waals surface area contributed by atoms with Gasteiger partial charge in [0.1, 0.15) is 5.78 Å². The fourth-order valence-electron chi connectivity index (χ4n) is 5.64. The summed E-state index contributed by atoms with van der Waals surface area (Å²) in [7, 11) is 0. The Kier molecular flexibility index (Phi) is 2.14. The van der Waals surface area contributed by atoms with Gasteiger partial charge in [0.05, 0.1) is 13.2 Å². The summed E-state index contributed by atoms with van der Waals surface area (Å²) in [6.45, 7) is 5.76. The summed E-state index contributed by atoms with van der Waals surface area (Å²) >= 11 is 0. The van der Waals surface area contributed by atoms with Crippen LogP contribution in [0.4, 0.5) is 0 Å². The molecule has 18 heavy (non-hydrogen) atoms. The van der Waals surface area contributed by atoms with Gasteiger partial charge in [-0.1, -0.05) is 13.8 Å². The first-order chi connectivity index (χ1) is 8.58. The number of hydrogen-bond donors (Lipinski definition) is 0. The van der Waals surface area contributed by atoms with Crippen LogP contribution in [-0.2, 0) is 14.3 Å². The molecular formula is C15H22O3. The van der Waals surface area contributed by atoms with Crippen LogP contribution in [-0.4, -0.2) is 24.8 Å². The molecule has 0 aromatic heterocycles. The highest BCUT2D eigenvalue weighted by Crippen LogP contribution is 2.69. The number of carbonyl (C=O) groups excluding carboxylic acids is 1. The van der Waals surface area contributed by atoms with Crippen LogP contribution in [0.15, 0.2) is 0 Å². The van der Waals surface area contributed by atoms with Crippen molar-refractivity contribution in [2.75, 3.05) is 13.2 Å². The fraction of sp³-hybridized carbons (Fsp3) is 0.933. The Bertz CT molecular complexity index is 399. The van der Waals surface area contributed by atoms with Gasteiger partial charge in [-0.2, -0.15) is 0 Å². The number of rotatable bonds is 0. The second kappa shape index (κ2) is 3.37. The highest BCUT2D eigenvalue weighted by Gasteiger charge is 2.71. The fourth-order valence-corrected chi connectivity index (χ4v) is 5.64. The van der Waals surface area contributed by atoms with Crippen LogP contribution in [0.1, 0.15) is 39.5 Å². The molecule has 0 aromatic carbocycles. The maximum atomic E-state index is 12.6. The minimum atomic E-state index is -0.434. The third-order valence-electron chi connectivity index (χ3n) is 6.40. The van der Waals surface area contributed by atoms with E-state index in [0.717, 1.165) is 12.8 Å². The molecule has 0 N–H and O–H groups in total. The lowest BCUT2D eigenvalue weighted by molar-refractivity contribution is -0.232. The summed E-state index contributed by atoms with van der Waals surface area (Å²) < 4.78 is 12.1. The van der Waals surface area contributed by atoms with Crippen LogP contribution in [0.2, 0.25) is 0 Å². The number of ketones is 1. The molecule has 1 unspecified atom stereocenters. The first-order valence-electron chi connectivity index (χ1n) is 7.40. The molecule has 3 heteroatoms. The lowest BCUT2D eigenvalue weighted by Crippen LogP contribution is -2.50. The second-order valence-electron chi connectivity index (χ2n) is 6.98. The molecule has 0 amide bonds. The SMILES string of the molecule is CC1C[C@@H]2C[C@H]3CCC4(OCCO4)[C@@]3(C)[C@@H]2C1=O. The van der Waals surface area contributed by atoms with Gasteiger partial charge in [-0.05, 0) is 31.1 Å². The van der Waals surface area contributed by atoms with Crippen molar-refractivity contribution in [3.8, 4) is 0 Å². The van der Waals surface area contributed by atoms with Gasteiger partial charge < -0.3 is 9.47 Å². The van der Waals surface area contributed by atoms with Gasteiger partial charge in [0, 0.05) is 23.7 Å². The molecule has 0 bridgehead atoms. The molecule has 1 saturated heterocycles. The highest BCUT2D eigenvalue weighted by molar-refractivity contribution is 5.87. The van der Waals surface area contributed by atoms with Crippen LogP contribution >= 0.6 is 0 Å². The predicted octanol–water partition coefficient (Wildman–Crippen LogP) is 2.39. The molecule has 4 rings (SSSR count). The van der Waals surface area contributed by atoms with E-state index in [1.54, 1.807) is 0 Å². The maximum absolute atomic E-state index is 12.6. The molecule has 4 fully saturated rings. The van der Waals surface area contributed by atoms with Crippen LogP contribution < -0.4 is 0 Å². The zero-order valence-corrected chi connectivity index (χ0v) is 11.3. The van der Waals surface area contributed by atoms with E-state index in [1.807, 2.05) is 0 Å². The third kappa shape index (κ3) is 1.07. The number of carbonyl (C=O) groups is 1. The van der Waals surface area contributed by atoms with Gasteiger partial charge in [-0.15, -0.1) is 0 Å². The Balaban J connectivity index is 1.79. The average molecular weight is 250 g/mol. The molecule has 3 saturated carbocycles. The minimum absolute atomic E-state index is 0.0595. The monoisotopic (exact) mass is 250 g/mol. The van der Waals surface area contributed by atoms with Crippen LogP contribution in [0.25, 0.3) is 0 Å². The van der Waals surface area contributed by atoms with Crippen molar-refractivity contribution in [3.05, 3.63) is 0 Å². The minimum Gasteiger partial charge on any atom is -0.347 e. The summed E-state index contributed by atoms with van der Waals surface area (Å²) in [5.74, 6) is 1.70. The number of hydrogen-bond acceptors (Lipinski definition) is 3. The van der Waals surface area contributed by atoms with Crippen molar-refractivity contribution in [1.82, 2.24) is 0 Å². The number of Topliss-reactive ketones (excluding diaryl/α,β-unsaturated/α-hetero) is 1. The Hall–Kier alpha value is -0.410. The van der Waals surface area contributed by atoms with Crippen molar-refractivity contribution < 1.29 is 14.3 Å². The molecule has 100 valence electrons. The lowest BCUT2D eigenvalue weighted by Gasteiger charge is -2.42. The summed E-state index contributed by atoms with van der Waals surface area (Å²) in [4.78, 5) is 12.6. The smallest absolute Gasteiger partial charge is 0.174 e. The summed E-state index contributed by atoms with van der Waals surface area (Å²) in [6.07, 6.45) is 4.46. The second-order valence-corrected chi connectivity index (χ2v) is 6.98. The van der Waals surface area contributed by atoms with Gasteiger partial charge in [0.25, 0.3) is 0 Å². The van der Waals surface area contributed by atoms with Crippen molar-refractivity contribution in [2.45, 2.75) is 45.3 Å². The van der Waals surface area contributed by atoms with Crippen molar-refractivity contribution in [3.63, 3.8) is 0 Å². The van der Waals surface area contributed by atoms with Crippen LogP contribution in [0, 0.1) is 29.1 Å². The van der Waals surface area contributed by atoms with E-state index < -0.39 is 5.79 Å². The molecule has 1 aliphatic heterocycles. The van der Waals surface area contributed by atoms with Gasteiger partial charge >= 0.3 is 0 Å². The Morgan fingerprint density at radius 1 is 1.22 bits per heavy atom. The number of fused-ring (bicyclic) bond motifs is 4. The normalized spacial score (nSPS) is 53.1. The van der Waals surface area contributed by atoms with Crippen molar-refractivity contribution in [1.29, 1.82) is 0 Å². The first-order valence-corrected chi connectivity index (χ1v) is 7.40. The summed E-state index contributed by atoms with van der Waals surface area (Å²) in [6, 6.07) is 0. The van der Waals surface area contributed by atoms with Gasteiger partial charge in [0.2, 0.25) is 0 Å². The Morgan fingerprint density at radius 3 is 2.67 bits per heavy atom. The molecule has 5 atom stereocenters. The van der Waals surface area contributed by atoms with E-state index in [0.29, 0.717) is 30.8 Å². The largest absolute Gasteiger partial charge is 0.347 e. The maximum Gasteiger partial charge on any atom is 0.174 e. The van der Waals surface area contributed by atoms with E-state index in [1.165, 1.54) is 12.8 Å². The van der Waals surface area contributed by atoms with Gasteiger partial charge in [-0.3, -0.25) is 4.79 Å². The van der Waals surface area contributed by atoms with E-state index in [9.17, 15) is 4.79 Å². The predicted molar refractivity (Wildman–Crippen MR) is 65.9 cm³/mol. The average Bonchev–Trinajstić information content (AvgIpc) is 3.02. The third-order valence-corrected chi connectivity index (χ3v) is 6.40. The molecule has 0 radical (unpaired) electrons. The molecule has 1 spiro atoms. The summed E-state index contributed by atoms with van der Waals surface area (Å²) in [5.41, 5.74) is -0.0595. The zero-order chi connectivity index (χ0) is 12.5. The molecule has 0 aromatic rings. The topological polar surface area (TPSA) is 35.5 Å². The Labute approximate surface area is 108 Å². The standard InChI is InChI=1S/C15H22O3/c1-9-7-10-8-11-3-4-15(17-5-6-18-15)14(11,2)12(10)13(9)16/h9-12H,3-8H2,1-2H3/t9?,10-,11-,12+,14-/m1/s1. The summed E-state index contributed by atoms with van der Waals surface area (Å²) in [5, 5.41) is 0. The number of ether oxygens (including phenoxy) is 2. The first kappa shape index (κ1) is 11.4. The zero-order valence-electron chi connectivity index (χ0n) is 11.3. The van der Waals surface area contributed by atoms with Gasteiger partial charge in [-0.25, -0.2) is 0 Å². The Morgan fingerprint density at radius 2 is 1.94 bits per heavy atom. The van der Waals surface area contributed by atoms with Crippen LogP contribution in [0.3, 0.4) is 0 Å². The van der Waals surface area contributed by atoms with E-state index in [2.05, 4.69) is 13.8 Å². The van der Waals surface area contributed by atoms with Crippen LogP contribution in [0.5, 0.6) is 0 Å². The van der Waals surface area contributed by atoms with Crippen molar-refractivity contribution >= 4 is 5.78 Å². The highest BCUT2D eigenvalue weighted by atomic mass is 16.7. The molecule has 3 nitrogen and oxygen atoms in total. The quantitative estimate of drug-likeness (QED) is 0.662. The van der Waals surface area contributed by atoms with E-state index >= 15 is 0 Å². The van der Waals surface area contributed by atoms with E-state index in [4.69, 9.17) is 9.47 Å².